The zero-order chi connectivity index (χ0) is 15.1. The standard InChI is InChI=1S/C15H27N3OS2/c1-4-7-16-11(5-2)10-13-17-15(18-19-13)14-12(6-3)20-8-9-21-14/h11-12,14,16H,4-10H2,1-3H3. The molecule has 0 aromatic carbocycles. The molecule has 2 heterocycles. The van der Waals surface area contributed by atoms with Crippen LogP contribution in [0.25, 0.3) is 0 Å². The molecule has 6 heteroatoms. The molecule has 0 radical (unpaired) electrons. The fraction of sp³-hybridized carbons (Fsp3) is 0.867. The molecule has 1 saturated heterocycles. The Labute approximate surface area is 136 Å². The highest BCUT2D eigenvalue weighted by molar-refractivity contribution is 8.06. The largest absolute Gasteiger partial charge is 0.339 e. The first-order valence-corrected chi connectivity index (χ1v) is 10.2. The highest BCUT2D eigenvalue weighted by Gasteiger charge is 2.30. The van der Waals surface area contributed by atoms with Crippen molar-refractivity contribution in [3.8, 4) is 0 Å². The van der Waals surface area contributed by atoms with Crippen molar-refractivity contribution in [3.05, 3.63) is 11.7 Å². The Morgan fingerprint density at radius 3 is 2.81 bits per heavy atom. The highest BCUT2D eigenvalue weighted by Crippen LogP contribution is 2.42. The molecule has 2 rings (SSSR count). The molecule has 1 fully saturated rings. The smallest absolute Gasteiger partial charge is 0.228 e. The molecule has 0 saturated carbocycles. The van der Waals surface area contributed by atoms with Gasteiger partial charge in [0.15, 0.2) is 5.82 Å². The van der Waals surface area contributed by atoms with Crippen LogP contribution in [-0.2, 0) is 6.42 Å². The lowest BCUT2D eigenvalue weighted by Crippen LogP contribution is -2.31. The third-order valence-corrected chi connectivity index (χ3v) is 7.03. The summed E-state index contributed by atoms with van der Waals surface area (Å²) in [6.45, 7) is 7.69. The number of rotatable bonds is 8. The predicted octanol–water partition coefficient (Wildman–Crippen LogP) is 3.69. The first-order chi connectivity index (χ1) is 10.3. The molecular weight excluding hydrogens is 302 g/mol. The minimum absolute atomic E-state index is 0.398. The maximum absolute atomic E-state index is 5.50. The lowest BCUT2D eigenvalue weighted by Gasteiger charge is -2.27. The Balaban J connectivity index is 1.96. The fourth-order valence-corrected chi connectivity index (χ4v) is 5.51. The van der Waals surface area contributed by atoms with E-state index in [0.717, 1.165) is 37.5 Å². The van der Waals surface area contributed by atoms with Crippen molar-refractivity contribution >= 4 is 23.5 Å². The summed E-state index contributed by atoms with van der Waals surface area (Å²) in [6, 6.07) is 0.439. The average Bonchev–Trinajstić information content (AvgIpc) is 2.99. The summed E-state index contributed by atoms with van der Waals surface area (Å²) in [5, 5.41) is 8.81. The second kappa shape index (κ2) is 9.06. The van der Waals surface area contributed by atoms with Gasteiger partial charge >= 0.3 is 0 Å². The Morgan fingerprint density at radius 1 is 1.29 bits per heavy atom. The molecule has 3 atom stereocenters. The fourth-order valence-electron chi connectivity index (χ4n) is 2.53. The average molecular weight is 330 g/mol. The Morgan fingerprint density at radius 2 is 2.10 bits per heavy atom. The van der Waals surface area contributed by atoms with Crippen LogP contribution in [0.15, 0.2) is 4.52 Å². The monoisotopic (exact) mass is 329 g/mol. The molecule has 3 unspecified atom stereocenters. The first kappa shape index (κ1) is 17.2. The van der Waals surface area contributed by atoms with E-state index in [-0.39, 0.29) is 0 Å². The summed E-state index contributed by atoms with van der Waals surface area (Å²) >= 11 is 4.03. The minimum Gasteiger partial charge on any atom is -0.339 e. The van der Waals surface area contributed by atoms with E-state index < -0.39 is 0 Å². The van der Waals surface area contributed by atoms with Crippen LogP contribution in [0.3, 0.4) is 0 Å². The van der Waals surface area contributed by atoms with Crippen LogP contribution in [0, 0.1) is 0 Å². The van der Waals surface area contributed by atoms with E-state index in [1.54, 1.807) is 0 Å². The Kier molecular flexibility index (Phi) is 7.40. The van der Waals surface area contributed by atoms with Crippen LogP contribution in [-0.4, -0.2) is 39.5 Å². The van der Waals surface area contributed by atoms with Gasteiger partial charge < -0.3 is 9.84 Å². The molecule has 1 aromatic rings. The lowest BCUT2D eigenvalue weighted by atomic mass is 10.1. The molecule has 4 nitrogen and oxygen atoms in total. The van der Waals surface area contributed by atoms with Gasteiger partial charge in [0.05, 0.1) is 5.25 Å². The molecule has 0 spiro atoms. The molecule has 0 aliphatic carbocycles. The first-order valence-electron chi connectivity index (χ1n) is 8.07. The molecule has 1 aliphatic rings. The molecule has 1 N–H and O–H groups in total. The zero-order valence-corrected chi connectivity index (χ0v) is 14.9. The SMILES string of the molecule is CCCNC(CC)Cc1nc(C2SCCSC2CC)no1. The lowest BCUT2D eigenvalue weighted by molar-refractivity contribution is 0.350. The number of hydrogen-bond donors (Lipinski definition) is 1. The van der Waals surface area contributed by atoms with E-state index >= 15 is 0 Å². The third-order valence-electron chi connectivity index (χ3n) is 3.79. The summed E-state index contributed by atoms with van der Waals surface area (Å²) < 4.78 is 5.50. The number of aromatic nitrogens is 2. The van der Waals surface area contributed by atoms with Crippen molar-refractivity contribution < 1.29 is 4.52 Å². The van der Waals surface area contributed by atoms with Gasteiger partial charge in [-0.25, -0.2) is 0 Å². The van der Waals surface area contributed by atoms with E-state index in [4.69, 9.17) is 4.52 Å². The summed E-state index contributed by atoms with van der Waals surface area (Å²) in [5.41, 5.74) is 0. The third kappa shape index (κ3) is 4.89. The minimum atomic E-state index is 0.398. The van der Waals surface area contributed by atoms with E-state index in [1.165, 1.54) is 17.9 Å². The predicted molar refractivity (Wildman–Crippen MR) is 92.1 cm³/mol. The Hall–Kier alpha value is -0.200. The van der Waals surface area contributed by atoms with Gasteiger partial charge in [0.25, 0.3) is 0 Å². The van der Waals surface area contributed by atoms with Gasteiger partial charge in [0.1, 0.15) is 0 Å². The van der Waals surface area contributed by atoms with Crippen molar-refractivity contribution in [1.82, 2.24) is 15.5 Å². The zero-order valence-electron chi connectivity index (χ0n) is 13.3. The van der Waals surface area contributed by atoms with Crippen LogP contribution < -0.4 is 5.32 Å². The van der Waals surface area contributed by atoms with Crippen LogP contribution in [0.2, 0.25) is 0 Å². The van der Waals surface area contributed by atoms with Gasteiger partial charge in [0.2, 0.25) is 5.89 Å². The van der Waals surface area contributed by atoms with Crippen LogP contribution in [0.1, 0.15) is 57.0 Å². The van der Waals surface area contributed by atoms with Crippen molar-refractivity contribution in [1.29, 1.82) is 0 Å². The summed E-state index contributed by atoms with van der Waals surface area (Å²) in [6.07, 6.45) is 4.25. The topological polar surface area (TPSA) is 51.0 Å². The molecule has 1 aliphatic heterocycles. The summed E-state index contributed by atoms with van der Waals surface area (Å²) in [5.74, 6) is 4.11. The second-order valence-corrected chi connectivity index (χ2v) is 8.02. The summed E-state index contributed by atoms with van der Waals surface area (Å²) in [4.78, 5) is 4.68. The van der Waals surface area contributed by atoms with E-state index in [2.05, 4.69) is 48.0 Å². The van der Waals surface area contributed by atoms with Gasteiger partial charge in [-0.2, -0.15) is 16.7 Å². The van der Waals surface area contributed by atoms with Crippen molar-refractivity contribution in [3.63, 3.8) is 0 Å². The van der Waals surface area contributed by atoms with Crippen LogP contribution >= 0.6 is 23.5 Å². The molecule has 0 amide bonds. The van der Waals surface area contributed by atoms with E-state index in [9.17, 15) is 0 Å². The van der Waals surface area contributed by atoms with Crippen molar-refractivity contribution in [2.45, 2.75) is 63.0 Å². The summed E-state index contributed by atoms with van der Waals surface area (Å²) in [7, 11) is 0. The van der Waals surface area contributed by atoms with Gasteiger partial charge in [-0.3, -0.25) is 0 Å². The Bertz CT molecular complexity index is 413. The highest BCUT2D eigenvalue weighted by atomic mass is 32.2. The molecular formula is C15H27N3OS2. The quantitative estimate of drug-likeness (QED) is 0.785. The number of nitrogens with one attached hydrogen (secondary N) is 1. The normalized spacial score (nSPS) is 24.1. The van der Waals surface area contributed by atoms with Gasteiger partial charge in [-0.15, -0.1) is 11.8 Å². The van der Waals surface area contributed by atoms with Gasteiger partial charge in [-0.05, 0) is 25.8 Å². The van der Waals surface area contributed by atoms with Gasteiger partial charge in [0, 0.05) is 29.2 Å². The maximum atomic E-state index is 5.50. The molecule has 1 aromatic heterocycles. The van der Waals surface area contributed by atoms with Crippen molar-refractivity contribution in [2.24, 2.45) is 0 Å². The van der Waals surface area contributed by atoms with Crippen molar-refractivity contribution in [2.75, 3.05) is 18.1 Å². The van der Waals surface area contributed by atoms with Crippen LogP contribution in [0.4, 0.5) is 0 Å². The number of hydrogen-bond acceptors (Lipinski definition) is 6. The number of thioether (sulfide) groups is 2. The molecule has 120 valence electrons. The maximum Gasteiger partial charge on any atom is 0.228 e. The van der Waals surface area contributed by atoms with Gasteiger partial charge in [-0.1, -0.05) is 25.9 Å². The second-order valence-electron chi connectivity index (χ2n) is 5.42. The van der Waals surface area contributed by atoms with E-state index in [1.807, 2.05) is 11.8 Å². The molecule has 0 bridgehead atoms. The van der Waals surface area contributed by atoms with E-state index in [0.29, 0.717) is 16.5 Å². The molecule has 21 heavy (non-hydrogen) atoms. The van der Waals surface area contributed by atoms with Crippen LogP contribution in [0.5, 0.6) is 0 Å². The number of nitrogens with zero attached hydrogens (tertiary/aromatic N) is 2.